The highest BCUT2D eigenvalue weighted by Crippen LogP contribution is 2.39. The number of non-ortho nitro benzene ring substituents is 1. The van der Waals surface area contributed by atoms with Crippen molar-refractivity contribution in [2.24, 2.45) is 5.10 Å². The van der Waals surface area contributed by atoms with Gasteiger partial charge in [0, 0.05) is 18.6 Å². The molecule has 6 nitrogen and oxygen atoms in total. The highest BCUT2D eigenvalue weighted by atomic mass is 16.6. The smallest absolute Gasteiger partial charge is 0.267 e. The maximum Gasteiger partial charge on any atom is 0.269 e. The topological polar surface area (TPSA) is 82.5 Å². The first-order valence-corrected chi connectivity index (χ1v) is 9.27. The van der Waals surface area contributed by atoms with Crippen LogP contribution in [0.4, 0.5) is 5.69 Å². The molecule has 0 unspecified atom stereocenters. The lowest BCUT2D eigenvalue weighted by Crippen LogP contribution is -2.24. The fraction of sp³-hybridized carbons (Fsp3) is 0.130. The third-order valence-electron chi connectivity index (χ3n) is 5.02. The summed E-state index contributed by atoms with van der Waals surface area (Å²) >= 11 is 0. The minimum Gasteiger partial charge on any atom is -0.267 e. The van der Waals surface area contributed by atoms with Crippen LogP contribution in [0.15, 0.2) is 90.0 Å². The van der Waals surface area contributed by atoms with Gasteiger partial charge in [0.1, 0.15) is 0 Å². The summed E-state index contributed by atoms with van der Waals surface area (Å²) in [6, 6.07) is 27.4. The van der Waals surface area contributed by atoms with Gasteiger partial charge in [0.2, 0.25) is 0 Å². The molecule has 2 atom stereocenters. The molecule has 4 rings (SSSR count). The Bertz CT molecular complexity index is 1090. The van der Waals surface area contributed by atoms with Crippen molar-refractivity contribution in [2.75, 3.05) is 0 Å². The lowest BCUT2D eigenvalue weighted by molar-refractivity contribution is -0.384. The zero-order chi connectivity index (χ0) is 20.2. The van der Waals surface area contributed by atoms with Crippen LogP contribution in [0.25, 0.3) is 0 Å². The van der Waals surface area contributed by atoms with Crippen LogP contribution in [-0.4, -0.2) is 15.6 Å². The lowest BCUT2D eigenvalue weighted by atomic mass is 9.97. The average Bonchev–Trinajstić information content (AvgIpc) is 3.21. The number of rotatable bonds is 5. The van der Waals surface area contributed by atoms with Gasteiger partial charge < -0.3 is 0 Å². The molecule has 3 aromatic carbocycles. The normalized spacial score (nSPS) is 16.7. The molecule has 0 aromatic heterocycles. The van der Waals surface area contributed by atoms with Gasteiger partial charge in [-0.1, -0.05) is 72.8 Å². The molecule has 1 heterocycles. The highest BCUT2D eigenvalue weighted by molar-refractivity contribution is 6.01. The average molecular weight is 382 g/mol. The maximum atomic E-state index is 11.2. The van der Waals surface area contributed by atoms with Gasteiger partial charge in [0.25, 0.3) is 5.69 Å². The Balaban J connectivity index is 1.77. The van der Waals surface area contributed by atoms with Crippen molar-refractivity contribution in [3.05, 3.63) is 112 Å². The predicted molar refractivity (Wildman–Crippen MR) is 110 cm³/mol. The first-order chi connectivity index (χ1) is 14.2. The molecule has 0 radical (unpaired) electrons. The van der Waals surface area contributed by atoms with Gasteiger partial charge in [0.15, 0.2) is 6.04 Å². The van der Waals surface area contributed by atoms with Crippen LogP contribution in [0.2, 0.25) is 0 Å². The molecule has 1 aliphatic heterocycles. The second-order valence-corrected chi connectivity index (χ2v) is 6.81. The summed E-state index contributed by atoms with van der Waals surface area (Å²) in [4.78, 5) is 10.7. The summed E-state index contributed by atoms with van der Waals surface area (Å²) < 4.78 is 0. The van der Waals surface area contributed by atoms with Gasteiger partial charge in [-0.2, -0.15) is 10.4 Å². The Morgan fingerprint density at radius 2 is 1.72 bits per heavy atom. The molecule has 0 amide bonds. The van der Waals surface area contributed by atoms with Crippen LogP contribution in [0.5, 0.6) is 0 Å². The van der Waals surface area contributed by atoms with E-state index < -0.39 is 11.0 Å². The zero-order valence-electron chi connectivity index (χ0n) is 15.6. The van der Waals surface area contributed by atoms with Crippen LogP contribution in [0, 0.1) is 21.4 Å². The largest absolute Gasteiger partial charge is 0.269 e. The molecule has 6 heteroatoms. The van der Waals surface area contributed by atoms with E-state index in [1.807, 2.05) is 60.7 Å². The Kier molecular flexibility index (Phi) is 5.04. The van der Waals surface area contributed by atoms with Gasteiger partial charge in [-0.3, -0.25) is 15.1 Å². The number of nitriles is 1. The Morgan fingerprint density at radius 1 is 1.03 bits per heavy atom. The minimum atomic E-state index is -0.735. The number of nitrogens with zero attached hydrogens (tertiary/aromatic N) is 4. The summed E-state index contributed by atoms with van der Waals surface area (Å²) in [6.45, 7) is 0. The number of benzene rings is 3. The van der Waals surface area contributed by atoms with E-state index in [9.17, 15) is 15.4 Å². The van der Waals surface area contributed by atoms with Crippen molar-refractivity contribution in [1.82, 2.24) is 5.01 Å². The van der Waals surface area contributed by atoms with E-state index in [1.165, 1.54) is 12.1 Å². The van der Waals surface area contributed by atoms with Crippen LogP contribution >= 0.6 is 0 Å². The van der Waals surface area contributed by atoms with E-state index in [0.29, 0.717) is 12.0 Å². The van der Waals surface area contributed by atoms with Gasteiger partial charge in [-0.25, -0.2) is 0 Å². The number of nitro benzene ring substituents is 1. The summed E-state index contributed by atoms with van der Waals surface area (Å²) in [6.07, 6.45) is 0.654. The van der Waals surface area contributed by atoms with Gasteiger partial charge >= 0.3 is 0 Å². The monoisotopic (exact) mass is 382 g/mol. The number of hydrogen-bond acceptors (Lipinski definition) is 5. The van der Waals surface area contributed by atoms with Crippen molar-refractivity contribution in [1.29, 1.82) is 5.26 Å². The first-order valence-electron chi connectivity index (χ1n) is 9.27. The fourth-order valence-corrected chi connectivity index (χ4v) is 3.61. The van der Waals surface area contributed by atoms with E-state index in [-0.39, 0.29) is 11.7 Å². The fourth-order valence-electron chi connectivity index (χ4n) is 3.61. The molecule has 0 bridgehead atoms. The lowest BCUT2D eigenvalue weighted by Gasteiger charge is -2.28. The molecule has 29 heavy (non-hydrogen) atoms. The van der Waals surface area contributed by atoms with Crippen molar-refractivity contribution >= 4 is 11.4 Å². The summed E-state index contributed by atoms with van der Waals surface area (Å²) in [7, 11) is 0. The second-order valence-electron chi connectivity index (χ2n) is 6.81. The Labute approximate surface area is 168 Å². The summed E-state index contributed by atoms with van der Waals surface area (Å²) in [5, 5.41) is 27.7. The van der Waals surface area contributed by atoms with Gasteiger partial charge in [0.05, 0.1) is 22.7 Å². The van der Waals surface area contributed by atoms with Crippen molar-refractivity contribution < 1.29 is 4.92 Å². The Hall–Kier alpha value is -3.98. The van der Waals surface area contributed by atoms with E-state index in [2.05, 4.69) is 6.07 Å². The quantitative estimate of drug-likeness (QED) is 0.459. The molecule has 0 saturated carbocycles. The number of hydrazone groups is 1. The zero-order valence-corrected chi connectivity index (χ0v) is 15.6. The SMILES string of the molecule is N#C[C@@H](c1cccc([N+](=O)[O-])c1)N1N=C(c2ccccc2)C[C@H]1c1ccccc1. The number of hydrogen-bond donors (Lipinski definition) is 0. The molecule has 0 N–H and O–H groups in total. The van der Waals surface area contributed by atoms with Gasteiger partial charge in [-0.15, -0.1) is 0 Å². The first kappa shape index (κ1) is 18.4. The minimum absolute atomic E-state index is 0.0366. The van der Waals surface area contributed by atoms with E-state index >= 15 is 0 Å². The standard InChI is InChI=1S/C23H18N4O2/c24-16-23(19-12-7-13-20(14-19)27(28)29)26-22(18-10-5-2-6-11-18)15-21(25-26)17-8-3-1-4-9-17/h1-14,22-23H,15H2/t22-,23-/m0/s1. The second kappa shape index (κ2) is 7.95. The third-order valence-corrected chi connectivity index (χ3v) is 5.02. The molecule has 0 spiro atoms. The molecular formula is C23H18N4O2. The molecule has 1 aliphatic rings. The summed E-state index contributed by atoms with van der Waals surface area (Å²) in [5.41, 5.74) is 3.47. The molecular weight excluding hydrogens is 364 g/mol. The van der Waals surface area contributed by atoms with E-state index in [4.69, 9.17) is 5.10 Å². The van der Waals surface area contributed by atoms with E-state index in [1.54, 1.807) is 17.1 Å². The van der Waals surface area contributed by atoms with Crippen LogP contribution in [-0.2, 0) is 0 Å². The molecule has 0 saturated heterocycles. The van der Waals surface area contributed by atoms with Crippen LogP contribution in [0.1, 0.15) is 35.2 Å². The number of nitro groups is 1. The van der Waals surface area contributed by atoms with Crippen molar-refractivity contribution in [3.8, 4) is 6.07 Å². The van der Waals surface area contributed by atoms with Gasteiger partial charge in [-0.05, 0) is 16.7 Å². The van der Waals surface area contributed by atoms with Crippen LogP contribution in [0.3, 0.4) is 0 Å². The molecule has 3 aromatic rings. The Morgan fingerprint density at radius 3 is 2.38 bits per heavy atom. The summed E-state index contributed by atoms with van der Waals surface area (Å²) in [5.74, 6) is 0. The molecule has 0 aliphatic carbocycles. The molecule has 0 fully saturated rings. The van der Waals surface area contributed by atoms with Crippen molar-refractivity contribution in [3.63, 3.8) is 0 Å². The van der Waals surface area contributed by atoms with Crippen LogP contribution < -0.4 is 0 Å². The maximum absolute atomic E-state index is 11.2. The third kappa shape index (κ3) is 3.71. The van der Waals surface area contributed by atoms with E-state index in [0.717, 1.165) is 16.8 Å². The predicted octanol–water partition coefficient (Wildman–Crippen LogP) is 5.01. The van der Waals surface area contributed by atoms with Crippen molar-refractivity contribution in [2.45, 2.75) is 18.5 Å². The molecule has 142 valence electrons. The highest BCUT2D eigenvalue weighted by Gasteiger charge is 2.34.